The number of benzene rings is 1. The Hall–Kier alpha value is -2.18. The molecule has 0 aliphatic rings. The summed E-state index contributed by atoms with van der Waals surface area (Å²) in [5, 5.41) is 5.95. The number of aryl methyl sites for hydroxylation is 1. The minimum atomic E-state index is -0.355. The quantitative estimate of drug-likeness (QED) is 0.841. The van der Waals surface area contributed by atoms with Gasteiger partial charge in [-0.05, 0) is 43.4 Å². The molecule has 2 N–H and O–H groups in total. The molecule has 1 heterocycles. The lowest BCUT2D eigenvalue weighted by molar-refractivity contribution is -0.121. The van der Waals surface area contributed by atoms with Crippen LogP contribution < -0.4 is 15.4 Å². The van der Waals surface area contributed by atoms with Crippen molar-refractivity contribution >= 4 is 40.7 Å². The fraction of sp³-hybridized carbons (Fsp3) is 0.133. The monoisotopic (exact) mass is 335 g/mol. The predicted molar refractivity (Wildman–Crippen MR) is 90.3 cm³/mol. The lowest BCUT2D eigenvalue weighted by Gasteiger charge is -2.10. The summed E-state index contributed by atoms with van der Waals surface area (Å²) >= 11 is 10.8. The van der Waals surface area contributed by atoms with Gasteiger partial charge >= 0.3 is 0 Å². The Balaban J connectivity index is 1.77. The van der Waals surface area contributed by atoms with E-state index in [1.54, 1.807) is 24.3 Å². The van der Waals surface area contributed by atoms with Crippen molar-refractivity contribution in [2.75, 3.05) is 11.9 Å². The van der Waals surface area contributed by atoms with Gasteiger partial charge in [0.15, 0.2) is 11.7 Å². The maximum atomic E-state index is 11.7. The summed E-state index contributed by atoms with van der Waals surface area (Å²) in [5.41, 5.74) is 1.12. The molecule has 22 heavy (non-hydrogen) atoms. The molecular weight excluding hydrogens is 322 g/mol. The molecule has 0 fully saturated rings. The first kappa shape index (κ1) is 16.2. The molecule has 2 aromatic rings. The number of carbonyl (C=O) groups is 1. The summed E-state index contributed by atoms with van der Waals surface area (Å²) in [5.74, 6) is 0.764. The van der Waals surface area contributed by atoms with Gasteiger partial charge in [-0.15, -0.1) is 0 Å². The summed E-state index contributed by atoms with van der Waals surface area (Å²) < 4.78 is 5.36. The molecule has 0 spiro atoms. The van der Waals surface area contributed by atoms with Gasteiger partial charge in [-0.3, -0.25) is 10.1 Å². The van der Waals surface area contributed by atoms with Crippen LogP contribution in [0.2, 0.25) is 5.02 Å². The van der Waals surface area contributed by atoms with Gasteiger partial charge in [0.2, 0.25) is 0 Å². The van der Waals surface area contributed by atoms with Crippen LogP contribution in [-0.4, -0.2) is 22.6 Å². The maximum Gasteiger partial charge on any atom is 0.264 e. The van der Waals surface area contributed by atoms with Gasteiger partial charge < -0.3 is 10.1 Å². The number of rotatable bonds is 4. The van der Waals surface area contributed by atoms with Crippen molar-refractivity contribution in [1.29, 1.82) is 0 Å². The first-order chi connectivity index (χ1) is 10.5. The van der Waals surface area contributed by atoms with Gasteiger partial charge in [-0.25, -0.2) is 4.98 Å². The number of anilines is 1. The number of thiocarbonyl (C=S) groups is 1. The van der Waals surface area contributed by atoms with Gasteiger partial charge in [-0.1, -0.05) is 29.3 Å². The Labute approximate surface area is 138 Å². The van der Waals surface area contributed by atoms with Crippen molar-refractivity contribution < 1.29 is 9.53 Å². The highest BCUT2D eigenvalue weighted by Crippen LogP contribution is 2.11. The van der Waals surface area contributed by atoms with Crippen LogP contribution in [0.15, 0.2) is 42.6 Å². The number of hydrogen-bond acceptors (Lipinski definition) is 4. The second kappa shape index (κ2) is 7.72. The molecule has 0 saturated carbocycles. The summed E-state index contributed by atoms with van der Waals surface area (Å²) in [6, 6.07) is 10.7. The van der Waals surface area contributed by atoms with Crippen LogP contribution in [0.1, 0.15) is 5.56 Å². The average Bonchev–Trinajstić information content (AvgIpc) is 2.49. The van der Waals surface area contributed by atoms with E-state index in [9.17, 15) is 4.79 Å². The molecule has 0 aliphatic carbocycles. The van der Waals surface area contributed by atoms with Crippen LogP contribution >= 0.6 is 23.8 Å². The standard InChI is InChI=1S/C15H14ClN3O2S/c1-10-2-5-12(6-3-10)21-9-14(20)19-15(22)18-13-7-4-11(16)8-17-13/h2-8H,9H2,1H3,(H2,17,18,19,20,22). The molecule has 0 radical (unpaired) electrons. The van der Waals surface area contributed by atoms with Crippen molar-refractivity contribution in [1.82, 2.24) is 10.3 Å². The Kier molecular flexibility index (Phi) is 5.68. The molecule has 2 rings (SSSR count). The molecule has 5 nitrogen and oxygen atoms in total. The number of hydrogen-bond donors (Lipinski definition) is 2. The number of ether oxygens (including phenoxy) is 1. The van der Waals surface area contributed by atoms with Crippen LogP contribution in [-0.2, 0) is 4.79 Å². The first-order valence-electron chi connectivity index (χ1n) is 6.45. The molecule has 0 saturated heterocycles. The zero-order chi connectivity index (χ0) is 15.9. The number of amides is 1. The van der Waals surface area contributed by atoms with E-state index in [1.165, 1.54) is 6.20 Å². The average molecular weight is 336 g/mol. The number of carbonyl (C=O) groups excluding carboxylic acids is 1. The van der Waals surface area contributed by atoms with Crippen LogP contribution in [0, 0.1) is 6.92 Å². The minimum Gasteiger partial charge on any atom is -0.484 e. The number of halogens is 1. The molecule has 0 unspecified atom stereocenters. The van der Waals surface area contributed by atoms with Crippen molar-refractivity contribution in [2.24, 2.45) is 0 Å². The smallest absolute Gasteiger partial charge is 0.264 e. The molecule has 114 valence electrons. The third-order valence-corrected chi connectivity index (χ3v) is 3.04. The molecule has 1 aromatic heterocycles. The van der Waals surface area contributed by atoms with E-state index in [0.29, 0.717) is 16.6 Å². The Morgan fingerprint density at radius 2 is 2.00 bits per heavy atom. The molecular formula is C15H14ClN3O2S. The summed E-state index contributed by atoms with van der Waals surface area (Å²) in [7, 11) is 0. The van der Waals surface area contributed by atoms with Crippen molar-refractivity contribution in [3.8, 4) is 5.75 Å². The molecule has 7 heteroatoms. The fourth-order valence-electron chi connectivity index (χ4n) is 1.54. The molecule has 0 aliphatic heterocycles. The zero-order valence-electron chi connectivity index (χ0n) is 11.8. The van der Waals surface area contributed by atoms with Crippen molar-refractivity contribution in [2.45, 2.75) is 6.92 Å². The summed E-state index contributed by atoms with van der Waals surface area (Å²) in [4.78, 5) is 15.7. The minimum absolute atomic E-state index is 0.126. The molecule has 1 aromatic carbocycles. The second-order valence-corrected chi connectivity index (χ2v) is 5.31. The van der Waals surface area contributed by atoms with Crippen LogP contribution in [0.4, 0.5) is 5.82 Å². The van der Waals surface area contributed by atoms with Gasteiger partial charge in [-0.2, -0.15) is 0 Å². The molecule has 1 amide bonds. The number of nitrogens with one attached hydrogen (secondary N) is 2. The van der Waals surface area contributed by atoms with Crippen LogP contribution in [0.3, 0.4) is 0 Å². The summed E-state index contributed by atoms with van der Waals surface area (Å²) in [6.45, 7) is 1.85. The van der Waals surface area contributed by atoms with Crippen molar-refractivity contribution in [3.05, 3.63) is 53.2 Å². The van der Waals surface area contributed by atoms with Crippen molar-refractivity contribution in [3.63, 3.8) is 0 Å². The first-order valence-corrected chi connectivity index (χ1v) is 7.23. The Morgan fingerprint density at radius 1 is 1.27 bits per heavy atom. The Morgan fingerprint density at radius 3 is 2.64 bits per heavy atom. The number of pyridine rings is 1. The highest BCUT2D eigenvalue weighted by atomic mass is 35.5. The highest BCUT2D eigenvalue weighted by molar-refractivity contribution is 7.80. The largest absolute Gasteiger partial charge is 0.484 e. The zero-order valence-corrected chi connectivity index (χ0v) is 13.4. The van der Waals surface area contributed by atoms with E-state index in [4.69, 9.17) is 28.6 Å². The van der Waals surface area contributed by atoms with Gasteiger partial charge in [0.25, 0.3) is 5.91 Å². The topological polar surface area (TPSA) is 63.2 Å². The van der Waals surface area contributed by atoms with E-state index in [1.807, 2.05) is 19.1 Å². The van der Waals surface area contributed by atoms with Crippen LogP contribution in [0.5, 0.6) is 5.75 Å². The van der Waals surface area contributed by atoms with Gasteiger partial charge in [0.1, 0.15) is 11.6 Å². The predicted octanol–water partition coefficient (Wildman–Crippen LogP) is 2.94. The molecule has 0 atom stereocenters. The number of aromatic nitrogens is 1. The third kappa shape index (κ3) is 5.31. The highest BCUT2D eigenvalue weighted by Gasteiger charge is 2.06. The van der Waals surface area contributed by atoms with Gasteiger partial charge in [0.05, 0.1) is 5.02 Å². The SMILES string of the molecule is Cc1ccc(OCC(=O)NC(=S)Nc2ccc(Cl)cn2)cc1. The van der Waals surface area contributed by atoms with Crippen LogP contribution in [0.25, 0.3) is 0 Å². The third-order valence-electron chi connectivity index (χ3n) is 2.61. The second-order valence-electron chi connectivity index (χ2n) is 4.47. The lowest BCUT2D eigenvalue weighted by Crippen LogP contribution is -2.37. The normalized spacial score (nSPS) is 9.91. The van der Waals surface area contributed by atoms with E-state index in [0.717, 1.165) is 5.56 Å². The Bertz CT molecular complexity index is 659. The van der Waals surface area contributed by atoms with E-state index in [2.05, 4.69) is 15.6 Å². The maximum absolute atomic E-state index is 11.7. The van der Waals surface area contributed by atoms with E-state index < -0.39 is 0 Å². The van der Waals surface area contributed by atoms with Gasteiger partial charge in [0, 0.05) is 6.20 Å². The fourth-order valence-corrected chi connectivity index (χ4v) is 1.87. The van der Waals surface area contributed by atoms with E-state index in [-0.39, 0.29) is 17.6 Å². The van der Waals surface area contributed by atoms with E-state index >= 15 is 0 Å². The summed E-state index contributed by atoms with van der Waals surface area (Å²) in [6.07, 6.45) is 1.48. The lowest BCUT2D eigenvalue weighted by atomic mass is 10.2. The number of nitrogens with zero attached hydrogens (tertiary/aromatic N) is 1. The molecule has 0 bridgehead atoms.